The maximum Gasteiger partial charge on any atom is 0.0692 e. The molecule has 0 aromatic carbocycles. The van der Waals surface area contributed by atoms with Crippen molar-refractivity contribution in [2.45, 2.75) is 57.6 Å². The van der Waals surface area contributed by atoms with Gasteiger partial charge in [-0.15, -0.1) is 0 Å². The topological polar surface area (TPSA) is 32.3 Å². The number of aliphatic hydroxyl groups is 1. The highest BCUT2D eigenvalue weighted by molar-refractivity contribution is 4.84. The van der Waals surface area contributed by atoms with Gasteiger partial charge in [-0.05, 0) is 44.4 Å². The lowest BCUT2D eigenvalue weighted by molar-refractivity contribution is 0.141. The van der Waals surface area contributed by atoms with Crippen LogP contribution in [0, 0.1) is 11.8 Å². The molecule has 2 unspecified atom stereocenters. The van der Waals surface area contributed by atoms with Crippen molar-refractivity contribution >= 4 is 0 Å². The Kier molecular flexibility index (Phi) is 3.45. The van der Waals surface area contributed by atoms with Gasteiger partial charge in [-0.25, -0.2) is 0 Å². The van der Waals surface area contributed by atoms with Gasteiger partial charge in [0.15, 0.2) is 0 Å². The van der Waals surface area contributed by atoms with Crippen molar-refractivity contribution in [3.05, 3.63) is 0 Å². The Morgan fingerprint density at radius 2 is 1.79 bits per heavy atom. The molecule has 0 aliphatic heterocycles. The van der Waals surface area contributed by atoms with Gasteiger partial charge in [-0.3, -0.25) is 0 Å². The molecule has 2 rings (SSSR count). The molecule has 0 aromatic heterocycles. The average Bonchev–Trinajstić information content (AvgIpc) is 2.90. The maximum absolute atomic E-state index is 9.72. The van der Waals surface area contributed by atoms with Crippen LogP contribution in [0.4, 0.5) is 0 Å². The molecule has 0 amide bonds. The molecule has 0 saturated heterocycles. The molecule has 2 aliphatic carbocycles. The number of nitrogens with one attached hydrogen (secondary N) is 1. The molecule has 2 atom stereocenters. The first-order chi connectivity index (χ1) is 6.77. The van der Waals surface area contributed by atoms with E-state index in [0.717, 1.165) is 12.5 Å². The van der Waals surface area contributed by atoms with Crippen LogP contribution in [-0.2, 0) is 0 Å². The molecule has 0 radical (unpaired) electrons. The highest BCUT2D eigenvalue weighted by Gasteiger charge is 2.30. The van der Waals surface area contributed by atoms with Crippen molar-refractivity contribution in [3.8, 4) is 0 Å². The lowest BCUT2D eigenvalue weighted by Gasteiger charge is -2.22. The summed E-state index contributed by atoms with van der Waals surface area (Å²) < 4.78 is 0. The summed E-state index contributed by atoms with van der Waals surface area (Å²) in [5.41, 5.74) is 0. The first kappa shape index (κ1) is 10.4. The third kappa shape index (κ3) is 2.71. The minimum absolute atomic E-state index is 0.0844. The molecule has 0 aromatic rings. The van der Waals surface area contributed by atoms with Gasteiger partial charge in [0.05, 0.1) is 6.10 Å². The molecule has 82 valence electrons. The van der Waals surface area contributed by atoms with Crippen molar-refractivity contribution in [2.75, 3.05) is 6.54 Å². The number of aliphatic hydroxyl groups excluding tert-OH is 1. The molecule has 2 N–H and O–H groups in total. The smallest absolute Gasteiger partial charge is 0.0692 e. The summed E-state index contributed by atoms with van der Waals surface area (Å²) in [6.07, 6.45) is 7.96. The van der Waals surface area contributed by atoms with E-state index in [-0.39, 0.29) is 6.10 Å². The van der Waals surface area contributed by atoms with Crippen molar-refractivity contribution < 1.29 is 5.11 Å². The van der Waals surface area contributed by atoms with E-state index in [2.05, 4.69) is 12.2 Å². The summed E-state index contributed by atoms with van der Waals surface area (Å²) in [5, 5.41) is 13.2. The second-order valence-electron chi connectivity index (χ2n) is 5.15. The van der Waals surface area contributed by atoms with Gasteiger partial charge in [0.2, 0.25) is 0 Å². The van der Waals surface area contributed by atoms with E-state index in [1.165, 1.54) is 38.5 Å². The van der Waals surface area contributed by atoms with Crippen molar-refractivity contribution in [3.63, 3.8) is 0 Å². The molecule has 0 heterocycles. The van der Waals surface area contributed by atoms with Crippen LogP contribution < -0.4 is 5.32 Å². The Morgan fingerprint density at radius 1 is 1.14 bits per heavy atom. The van der Waals surface area contributed by atoms with Gasteiger partial charge in [-0.2, -0.15) is 0 Å². The van der Waals surface area contributed by atoms with Crippen LogP contribution in [0.2, 0.25) is 0 Å². The van der Waals surface area contributed by atoms with Crippen LogP contribution in [0.3, 0.4) is 0 Å². The van der Waals surface area contributed by atoms with E-state index in [1.54, 1.807) is 0 Å². The van der Waals surface area contributed by atoms with Crippen LogP contribution >= 0.6 is 0 Å². The molecule has 0 bridgehead atoms. The third-order valence-electron chi connectivity index (χ3n) is 3.92. The molecule has 2 saturated carbocycles. The summed E-state index contributed by atoms with van der Waals surface area (Å²) in [7, 11) is 0. The van der Waals surface area contributed by atoms with Crippen molar-refractivity contribution in [1.82, 2.24) is 5.32 Å². The SMILES string of the molecule is CC(NCC(O)C1CC1)C1CCCC1. The van der Waals surface area contributed by atoms with E-state index >= 15 is 0 Å². The largest absolute Gasteiger partial charge is 0.392 e. The molecular weight excluding hydrogens is 174 g/mol. The monoisotopic (exact) mass is 197 g/mol. The first-order valence-electron chi connectivity index (χ1n) is 6.19. The van der Waals surface area contributed by atoms with E-state index in [4.69, 9.17) is 0 Å². The third-order valence-corrected chi connectivity index (χ3v) is 3.92. The quantitative estimate of drug-likeness (QED) is 0.706. The van der Waals surface area contributed by atoms with Crippen molar-refractivity contribution in [1.29, 1.82) is 0 Å². The minimum atomic E-state index is -0.0844. The number of rotatable bonds is 5. The van der Waals surface area contributed by atoms with E-state index in [9.17, 15) is 5.11 Å². The van der Waals surface area contributed by atoms with Crippen LogP contribution in [-0.4, -0.2) is 23.8 Å². The van der Waals surface area contributed by atoms with E-state index in [0.29, 0.717) is 12.0 Å². The van der Waals surface area contributed by atoms with Gasteiger partial charge >= 0.3 is 0 Å². The Morgan fingerprint density at radius 3 is 2.36 bits per heavy atom. The molecule has 2 nitrogen and oxygen atoms in total. The summed E-state index contributed by atoms with van der Waals surface area (Å²) >= 11 is 0. The van der Waals surface area contributed by atoms with Crippen LogP contribution in [0.5, 0.6) is 0 Å². The lowest BCUT2D eigenvalue weighted by Crippen LogP contribution is -2.38. The number of hydrogen-bond donors (Lipinski definition) is 2. The van der Waals surface area contributed by atoms with Gasteiger partial charge in [0.25, 0.3) is 0 Å². The molecule has 2 heteroatoms. The maximum atomic E-state index is 9.72. The summed E-state index contributed by atoms with van der Waals surface area (Å²) in [6.45, 7) is 3.08. The fourth-order valence-electron chi connectivity index (χ4n) is 2.58. The van der Waals surface area contributed by atoms with Gasteiger partial charge < -0.3 is 10.4 Å². The van der Waals surface area contributed by atoms with Crippen LogP contribution in [0.25, 0.3) is 0 Å². The van der Waals surface area contributed by atoms with Crippen LogP contribution in [0.1, 0.15) is 45.4 Å². The van der Waals surface area contributed by atoms with Gasteiger partial charge in [0, 0.05) is 12.6 Å². The Hall–Kier alpha value is -0.0800. The fourth-order valence-corrected chi connectivity index (χ4v) is 2.58. The second-order valence-corrected chi connectivity index (χ2v) is 5.15. The molecule has 2 aliphatic rings. The molecule has 0 spiro atoms. The molecule has 2 fully saturated rings. The summed E-state index contributed by atoms with van der Waals surface area (Å²) in [5.74, 6) is 1.47. The minimum Gasteiger partial charge on any atom is -0.392 e. The normalized spacial score (nSPS) is 27.9. The van der Waals surface area contributed by atoms with Crippen molar-refractivity contribution in [2.24, 2.45) is 11.8 Å². The molecular formula is C12H23NO. The predicted octanol–water partition coefficient (Wildman–Crippen LogP) is 1.93. The lowest BCUT2D eigenvalue weighted by atomic mass is 9.99. The highest BCUT2D eigenvalue weighted by Crippen LogP contribution is 2.32. The zero-order chi connectivity index (χ0) is 9.97. The van der Waals surface area contributed by atoms with Gasteiger partial charge in [0.1, 0.15) is 0 Å². The zero-order valence-electron chi connectivity index (χ0n) is 9.21. The Labute approximate surface area is 87.1 Å². The standard InChI is InChI=1S/C12H23NO/c1-9(10-4-2-3-5-10)13-8-12(14)11-6-7-11/h9-14H,2-8H2,1H3. The fraction of sp³-hybridized carbons (Fsp3) is 1.00. The zero-order valence-corrected chi connectivity index (χ0v) is 9.21. The predicted molar refractivity (Wildman–Crippen MR) is 58.2 cm³/mol. The van der Waals surface area contributed by atoms with Crippen LogP contribution in [0.15, 0.2) is 0 Å². The number of hydrogen-bond acceptors (Lipinski definition) is 2. The highest BCUT2D eigenvalue weighted by atomic mass is 16.3. The van der Waals surface area contributed by atoms with Gasteiger partial charge in [-0.1, -0.05) is 12.8 Å². The average molecular weight is 197 g/mol. The second kappa shape index (κ2) is 4.63. The van der Waals surface area contributed by atoms with E-state index in [1.807, 2.05) is 0 Å². The molecule has 14 heavy (non-hydrogen) atoms. The summed E-state index contributed by atoms with van der Waals surface area (Å²) in [6, 6.07) is 0.603. The Bertz CT molecular complexity index is 173. The first-order valence-corrected chi connectivity index (χ1v) is 6.19. The Balaban J connectivity index is 1.63. The summed E-state index contributed by atoms with van der Waals surface area (Å²) in [4.78, 5) is 0. The van der Waals surface area contributed by atoms with E-state index < -0.39 is 0 Å².